The van der Waals surface area contributed by atoms with E-state index in [-0.39, 0.29) is 24.8 Å². The molecule has 1 aliphatic rings. The van der Waals surface area contributed by atoms with Gasteiger partial charge in [0.1, 0.15) is 0 Å². The van der Waals surface area contributed by atoms with Crippen molar-refractivity contribution in [2.75, 3.05) is 46.3 Å². The molecule has 1 heterocycles. The summed E-state index contributed by atoms with van der Waals surface area (Å²) in [5, 5.41) is 6.13. The van der Waals surface area contributed by atoms with Gasteiger partial charge in [-0.25, -0.2) is 0 Å². The molecule has 2 aromatic carbocycles. The number of nitrogens with one attached hydrogen (secondary N) is 1. The highest BCUT2D eigenvalue weighted by molar-refractivity contribution is 5.86. The Kier molecular flexibility index (Phi) is 8.88. The maximum Gasteiger partial charge on any atom is 0.0237 e. The first-order valence-electron chi connectivity index (χ1n) is 7.91. The Morgan fingerprint density at radius 2 is 1.70 bits per heavy atom. The Labute approximate surface area is 151 Å². The monoisotopic (exact) mass is 355 g/mol. The van der Waals surface area contributed by atoms with E-state index in [1.54, 1.807) is 0 Å². The van der Waals surface area contributed by atoms with Gasteiger partial charge >= 0.3 is 0 Å². The summed E-state index contributed by atoms with van der Waals surface area (Å²) in [6.07, 6.45) is 0. The first kappa shape index (κ1) is 20.2. The molecule has 0 saturated carbocycles. The maximum absolute atomic E-state index is 3.41. The Morgan fingerprint density at radius 3 is 2.48 bits per heavy atom. The van der Waals surface area contributed by atoms with Crippen molar-refractivity contribution in [1.82, 2.24) is 15.1 Å². The molecule has 0 unspecified atom stereocenters. The lowest BCUT2D eigenvalue weighted by Gasteiger charge is -2.29. The lowest BCUT2D eigenvalue weighted by Crippen LogP contribution is -2.45. The number of nitrogens with zero attached hydrogens (tertiary/aromatic N) is 2. The minimum absolute atomic E-state index is 0. The van der Waals surface area contributed by atoms with Crippen LogP contribution < -0.4 is 5.32 Å². The molecule has 0 radical (unpaired) electrons. The van der Waals surface area contributed by atoms with Gasteiger partial charge in [0.15, 0.2) is 0 Å². The number of piperazine rings is 1. The van der Waals surface area contributed by atoms with Crippen LogP contribution in [-0.4, -0.2) is 56.1 Å². The van der Waals surface area contributed by atoms with Crippen molar-refractivity contribution in [3.8, 4) is 0 Å². The molecule has 3 nitrogen and oxygen atoms in total. The Bertz CT molecular complexity index is 580. The minimum atomic E-state index is 0. The molecule has 23 heavy (non-hydrogen) atoms. The van der Waals surface area contributed by atoms with E-state index >= 15 is 0 Å². The summed E-state index contributed by atoms with van der Waals surface area (Å²) in [6.45, 7) is 7.95. The quantitative estimate of drug-likeness (QED) is 0.889. The van der Waals surface area contributed by atoms with Gasteiger partial charge in [0.2, 0.25) is 0 Å². The van der Waals surface area contributed by atoms with Gasteiger partial charge in [0.25, 0.3) is 0 Å². The summed E-state index contributed by atoms with van der Waals surface area (Å²) >= 11 is 0. The van der Waals surface area contributed by atoms with E-state index in [1.807, 2.05) is 0 Å². The summed E-state index contributed by atoms with van der Waals surface area (Å²) in [7, 11) is 2.23. The second-order valence-electron chi connectivity index (χ2n) is 5.97. The van der Waals surface area contributed by atoms with Crippen LogP contribution in [0.1, 0.15) is 5.56 Å². The minimum Gasteiger partial charge on any atom is -0.314 e. The fourth-order valence-electron chi connectivity index (χ4n) is 3.05. The van der Waals surface area contributed by atoms with Crippen LogP contribution in [0.2, 0.25) is 0 Å². The lowest BCUT2D eigenvalue weighted by molar-refractivity contribution is 0.202. The zero-order valence-electron chi connectivity index (χ0n) is 13.7. The molecule has 3 rings (SSSR count). The first-order chi connectivity index (χ1) is 10.3. The fourth-order valence-corrected chi connectivity index (χ4v) is 3.05. The molecule has 1 aliphatic heterocycles. The standard InChI is InChI=1S/C18H25N3.2ClH/c1-20(13-14-21-11-9-19-10-12-21)15-17-7-4-6-16-5-2-3-8-18(16)17;;/h2-8,19H,9-15H2,1H3;2*1H. The SMILES string of the molecule is CN(CCN1CCNCC1)Cc1cccc2ccccc12.Cl.Cl. The zero-order valence-corrected chi connectivity index (χ0v) is 15.3. The molecule has 5 heteroatoms. The van der Waals surface area contributed by atoms with Gasteiger partial charge in [-0.15, -0.1) is 24.8 Å². The average molecular weight is 356 g/mol. The smallest absolute Gasteiger partial charge is 0.0237 e. The molecule has 2 aromatic rings. The molecule has 1 saturated heterocycles. The molecular formula is C18H27Cl2N3. The van der Waals surface area contributed by atoms with Crippen molar-refractivity contribution >= 4 is 35.6 Å². The van der Waals surface area contributed by atoms with Crippen LogP contribution in [0.3, 0.4) is 0 Å². The predicted molar refractivity (Wildman–Crippen MR) is 104 cm³/mol. The molecule has 0 aromatic heterocycles. The molecule has 0 atom stereocenters. The van der Waals surface area contributed by atoms with E-state index in [1.165, 1.54) is 36.0 Å². The largest absolute Gasteiger partial charge is 0.314 e. The van der Waals surface area contributed by atoms with E-state index in [4.69, 9.17) is 0 Å². The highest BCUT2D eigenvalue weighted by Gasteiger charge is 2.10. The van der Waals surface area contributed by atoms with Crippen LogP contribution in [0, 0.1) is 0 Å². The molecule has 0 bridgehead atoms. The number of halogens is 2. The molecule has 0 spiro atoms. The van der Waals surface area contributed by atoms with Crippen LogP contribution in [0.5, 0.6) is 0 Å². The highest BCUT2D eigenvalue weighted by Crippen LogP contribution is 2.19. The zero-order chi connectivity index (χ0) is 14.5. The third-order valence-corrected chi connectivity index (χ3v) is 4.33. The maximum atomic E-state index is 3.41. The Balaban J connectivity index is 0.00000132. The molecule has 1 fully saturated rings. The van der Waals surface area contributed by atoms with Gasteiger partial charge in [-0.05, 0) is 23.4 Å². The van der Waals surface area contributed by atoms with E-state index in [0.717, 1.165) is 26.2 Å². The molecule has 1 N–H and O–H groups in total. The summed E-state index contributed by atoms with van der Waals surface area (Å²) in [6, 6.07) is 15.3. The molecule has 128 valence electrons. The van der Waals surface area contributed by atoms with Crippen LogP contribution in [-0.2, 0) is 6.54 Å². The number of hydrogen-bond donors (Lipinski definition) is 1. The van der Waals surface area contributed by atoms with Gasteiger partial charge in [-0.1, -0.05) is 42.5 Å². The number of hydrogen-bond acceptors (Lipinski definition) is 3. The van der Waals surface area contributed by atoms with Gasteiger partial charge in [-0.3, -0.25) is 4.90 Å². The van der Waals surface area contributed by atoms with Crippen molar-refractivity contribution in [2.24, 2.45) is 0 Å². The summed E-state index contributed by atoms with van der Waals surface area (Å²) in [5.74, 6) is 0. The number of benzene rings is 2. The van der Waals surface area contributed by atoms with Gasteiger partial charge in [0.05, 0.1) is 0 Å². The number of likely N-dealkylation sites (N-methyl/N-ethyl adjacent to an activating group) is 1. The van der Waals surface area contributed by atoms with E-state index in [2.05, 4.69) is 64.6 Å². The predicted octanol–water partition coefficient (Wildman–Crippen LogP) is 3.02. The van der Waals surface area contributed by atoms with E-state index in [9.17, 15) is 0 Å². The number of fused-ring (bicyclic) bond motifs is 1. The third-order valence-electron chi connectivity index (χ3n) is 4.33. The Morgan fingerprint density at radius 1 is 1.00 bits per heavy atom. The number of rotatable bonds is 5. The summed E-state index contributed by atoms with van der Waals surface area (Å²) in [5.41, 5.74) is 1.43. The van der Waals surface area contributed by atoms with Gasteiger partial charge < -0.3 is 10.2 Å². The normalized spacial score (nSPS) is 15.2. The van der Waals surface area contributed by atoms with Crippen LogP contribution in [0.25, 0.3) is 10.8 Å². The summed E-state index contributed by atoms with van der Waals surface area (Å²) < 4.78 is 0. The Hall–Kier alpha value is -0.840. The molecular weight excluding hydrogens is 329 g/mol. The molecule has 0 amide bonds. The fraction of sp³-hybridized carbons (Fsp3) is 0.444. The van der Waals surface area contributed by atoms with Gasteiger partial charge in [0, 0.05) is 45.8 Å². The lowest BCUT2D eigenvalue weighted by atomic mass is 10.0. The van der Waals surface area contributed by atoms with Crippen molar-refractivity contribution < 1.29 is 0 Å². The average Bonchev–Trinajstić information content (AvgIpc) is 2.54. The van der Waals surface area contributed by atoms with Crippen molar-refractivity contribution in [2.45, 2.75) is 6.54 Å². The summed E-state index contributed by atoms with van der Waals surface area (Å²) in [4.78, 5) is 4.99. The van der Waals surface area contributed by atoms with Crippen LogP contribution in [0.4, 0.5) is 0 Å². The highest BCUT2D eigenvalue weighted by atomic mass is 35.5. The van der Waals surface area contributed by atoms with Crippen molar-refractivity contribution in [3.63, 3.8) is 0 Å². The van der Waals surface area contributed by atoms with Crippen molar-refractivity contribution in [3.05, 3.63) is 48.0 Å². The van der Waals surface area contributed by atoms with E-state index in [0.29, 0.717) is 0 Å². The van der Waals surface area contributed by atoms with Crippen molar-refractivity contribution in [1.29, 1.82) is 0 Å². The second kappa shape index (κ2) is 10.1. The van der Waals surface area contributed by atoms with Gasteiger partial charge in [-0.2, -0.15) is 0 Å². The second-order valence-corrected chi connectivity index (χ2v) is 5.97. The van der Waals surface area contributed by atoms with Crippen LogP contribution >= 0.6 is 24.8 Å². The van der Waals surface area contributed by atoms with Crippen LogP contribution in [0.15, 0.2) is 42.5 Å². The van der Waals surface area contributed by atoms with E-state index < -0.39 is 0 Å². The molecule has 0 aliphatic carbocycles. The first-order valence-corrected chi connectivity index (χ1v) is 7.91. The third kappa shape index (κ3) is 5.63. The topological polar surface area (TPSA) is 18.5 Å².